The number of fused-ring (bicyclic) bond motifs is 1. The minimum absolute atomic E-state index is 0.0909. The maximum Gasteiger partial charge on any atom is 0.326 e. The van der Waals surface area contributed by atoms with Crippen LogP contribution >= 0.6 is 39.5 Å². The van der Waals surface area contributed by atoms with Crippen LogP contribution in [0.1, 0.15) is 31.2 Å². The Morgan fingerprint density at radius 3 is 2.73 bits per heavy atom. The van der Waals surface area contributed by atoms with Gasteiger partial charge in [0, 0.05) is 9.69 Å². The van der Waals surface area contributed by atoms with E-state index in [2.05, 4.69) is 20.9 Å². The van der Waals surface area contributed by atoms with Crippen LogP contribution in [0.2, 0.25) is 0 Å². The molecule has 0 saturated heterocycles. The van der Waals surface area contributed by atoms with Gasteiger partial charge in [-0.15, -0.1) is 11.3 Å². The number of benzene rings is 1. The number of rotatable bonds is 5. The van der Waals surface area contributed by atoms with Gasteiger partial charge < -0.3 is 10.2 Å². The molecule has 136 valence electrons. The minimum Gasteiger partial charge on any atom is -0.493 e. The van der Waals surface area contributed by atoms with E-state index in [1.54, 1.807) is 18.2 Å². The van der Waals surface area contributed by atoms with Crippen LogP contribution in [-0.2, 0) is 9.59 Å². The number of halogens is 1. The van der Waals surface area contributed by atoms with Crippen molar-refractivity contribution in [1.82, 2.24) is 4.57 Å². The molecule has 2 heterocycles. The molecule has 2 aromatic rings. The maximum absolute atomic E-state index is 12.4. The molecule has 0 unspecified atom stereocenters. The van der Waals surface area contributed by atoms with Crippen molar-refractivity contribution in [2.45, 2.75) is 26.3 Å². The molecule has 0 fully saturated rings. The van der Waals surface area contributed by atoms with Crippen molar-refractivity contribution in [2.75, 3.05) is 0 Å². The van der Waals surface area contributed by atoms with Crippen LogP contribution in [-0.4, -0.2) is 26.7 Å². The molecule has 1 aromatic carbocycles. The van der Waals surface area contributed by atoms with Crippen molar-refractivity contribution in [3.63, 3.8) is 0 Å². The van der Waals surface area contributed by atoms with Crippen molar-refractivity contribution in [1.29, 1.82) is 0 Å². The lowest BCUT2D eigenvalue weighted by Gasteiger charge is -2.17. The minimum atomic E-state index is -1.08. The molecule has 1 aliphatic rings. The van der Waals surface area contributed by atoms with Crippen molar-refractivity contribution in [3.8, 4) is 5.88 Å². The van der Waals surface area contributed by atoms with Gasteiger partial charge in [0.1, 0.15) is 10.9 Å². The Balaban J connectivity index is 2.26. The number of aromatic nitrogens is 1. The average molecular weight is 455 g/mol. The third-order valence-corrected chi connectivity index (χ3v) is 5.90. The first-order valence-electron chi connectivity index (χ1n) is 7.81. The maximum atomic E-state index is 12.4. The summed E-state index contributed by atoms with van der Waals surface area (Å²) in [5.41, 5.74) is 0.238. The molecule has 2 N–H and O–H groups in total. The van der Waals surface area contributed by atoms with Crippen molar-refractivity contribution in [3.05, 3.63) is 42.1 Å². The van der Waals surface area contributed by atoms with Crippen LogP contribution in [0.4, 0.5) is 0 Å². The number of carbonyl (C=O) groups excluding carboxylic acids is 1. The summed E-state index contributed by atoms with van der Waals surface area (Å²) in [5.74, 6) is -1.77. The van der Waals surface area contributed by atoms with E-state index in [-0.39, 0.29) is 26.2 Å². The Morgan fingerprint density at radius 2 is 2.12 bits per heavy atom. The van der Waals surface area contributed by atoms with Crippen LogP contribution in [0.3, 0.4) is 0 Å². The lowest BCUT2D eigenvalue weighted by atomic mass is 10.0. The number of carbonyl (C=O) groups is 2. The summed E-state index contributed by atoms with van der Waals surface area (Å²) in [6, 6.07) is 4.22. The predicted octanol–water partition coefficient (Wildman–Crippen LogP) is 2.78. The second-order valence-corrected chi connectivity index (χ2v) is 8.89. The molecule has 1 atom stereocenters. The van der Waals surface area contributed by atoms with Gasteiger partial charge in [-0.3, -0.25) is 9.36 Å². The predicted molar refractivity (Wildman–Crippen MR) is 103 cm³/mol. The lowest BCUT2D eigenvalue weighted by Crippen LogP contribution is -2.23. The monoisotopic (exact) mass is 454 g/mol. The van der Waals surface area contributed by atoms with E-state index in [4.69, 9.17) is 12.2 Å². The molecule has 3 rings (SSSR count). The zero-order valence-electron chi connectivity index (χ0n) is 13.9. The highest BCUT2D eigenvalue weighted by Crippen LogP contribution is 2.36. The Labute approximate surface area is 166 Å². The van der Waals surface area contributed by atoms with E-state index < -0.39 is 17.9 Å². The molecule has 26 heavy (non-hydrogen) atoms. The summed E-state index contributed by atoms with van der Waals surface area (Å²) in [5, 5.41) is 21.4. The number of aliphatic carboxylic acids is 1. The topological polar surface area (TPSA) is 91.9 Å². The van der Waals surface area contributed by atoms with Gasteiger partial charge in [0.25, 0.3) is 5.91 Å². The molecule has 0 saturated carbocycles. The third kappa shape index (κ3) is 3.26. The van der Waals surface area contributed by atoms with Gasteiger partial charge in [0.05, 0.1) is 10.9 Å². The highest BCUT2D eigenvalue weighted by Gasteiger charge is 2.30. The average Bonchev–Trinajstić information content (AvgIpc) is 3.00. The van der Waals surface area contributed by atoms with Crippen LogP contribution in [0.25, 0.3) is 5.57 Å². The molecule has 0 spiro atoms. The Kier molecular flexibility index (Phi) is 5.14. The first kappa shape index (κ1) is 18.9. The fourth-order valence-electron chi connectivity index (χ4n) is 2.88. The summed E-state index contributed by atoms with van der Waals surface area (Å²) in [4.78, 5) is 28.4. The summed E-state index contributed by atoms with van der Waals surface area (Å²) in [7, 11) is 0. The number of hydrogen-bond acceptors (Lipinski definition) is 5. The summed E-state index contributed by atoms with van der Waals surface area (Å²) in [6.45, 7) is 3.79. The number of nitrogens with zero attached hydrogens (tertiary/aromatic N) is 2. The quantitative estimate of drug-likeness (QED) is 0.677. The van der Waals surface area contributed by atoms with E-state index in [9.17, 15) is 19.8 Å². The molecule has 1 aliphatic heterocycles. The highest BCUT2D eigenvalue weighted by atomic mass is 79.9. The Hall–Kier alpha value is -1.84. The largest absolute Gasteiger partial charge is 0.493 e. The van der Waals surface area contributed by atoms with Crippen molar-refractivity contribution in [2.24, 2.45) is 10.9 Å². The highest BCUT2D eigenvalue weighted by molar-refractivity contribution is 9.10. The van der Waals surface area contributed by atoms with Gasteiger partial charge >= 0.3 is 5.97 Å². The van der Waals surface area contributed by atoms with Gasteiger partial charge in [0.2, 0.25) is 5.88 Å². The number of amides is 1. The Morgan fingerprint density at radius 1 is 1.42 bits per heavy atom. The van der Waals surface area contributed by atoms with E-state index >= 15 is 0 Å². The van der Waals surface area contributed by atoms with E-state index in [0.717, 1.165) is 15.8 Å². The number of carboxylic acid groups (broad SMARTS) is 1. The zero-order chi connectivity index (χ0) is 19.2. The van der Waals surface area contributed by atoms with Gasteiger partial charge in [-0.2, -0.15) is 0 Å². The number of hydrogen-bond donors (Lipinski definition) is 2. The standard InChI is InChI=1S/C17H15BrN2O4S2/c1-7(2)5-11(16(23)24)20-15(22)13(26-17(20)25)12-9-6-8(18)3-4-10(9)19-14(12)21/h3-4,6-7,11,22H,5H2,1-2H3,(H,23,24)/t11-/m0/s1. The molecule has 1 amide bonds. The molecule has 0 aliphatic carbocycles. The van der Waals surface area contributed by atoms with E-state index in [0.29, 0.717) is 17.0 Å². The number of carboxylic acids is 1. The second-order valence-electron chi connectivity index (χ2n) is 6.33. The molecule has 1 aromatic heterocycles. The third-order valence-electron chi connectivity index (χ3n) is 4.00. The van der Waals surface area contributed by atoms with Crippen molar-refractivity contribution < 1.29 is 19.8 Å². The number of thiazole rings is 1. The fraction of sp³-hybridized carbons (Fsp3) is 0.294. The number of aromatic hydroxyl groups is 1. The van der Waals surface area contributed by atoms with Crippen LogP contribution in [0.5, 0.6) is 5.88 Å². The smallest absolute Gasteiger partial charge is 0.326 e. The molecule has 0 radical (unpaired) electrons. The first-order valence-corrected chi connectivity index (χ1v) is 9.83. The summed E-state index contributed by atoms with van der Waals surface area (Å²) in [6.07, 6.45) is 0.309. The van der Waals surface area contributed by atoms with Crippen LogP contribution in [0, 0.1) is 9.87 Å². The van der Waals surface area contributed by atoms with Gasteiger partial charge in [-0.05, 0) is 42.8 Å². The van der Waals surface area contributed by atoms with E-state index in [1.165, 1.54) is 4.57 Å². The molecule has 9 heteroatoms. The SMILES string of the molecule is CC(C)C[C@@H](C(=O)O)n1c(O)c(C2=c3cc(Br)ccc3=NC2=O)sc1=S. The van der Waals surface area contributed by atoms with Gasteiger partial charge in [-0.25, -0.2) is 9.79 Å². The molecule has 0 bridgehead atoms. The molecular weight excluding hydrogens is 440 g/mol. The zero-order valence-corrected chi connectivity index (χ0v) is 17.1. The van der Waals surface area contributed by atoms with Crippen LogP contribution < -0.4 is 10.6 Å². The molecular formula is C17H15BrN2O4S2. The Bertz CT molecular complexity index is 1100. The lowest BCUT2D eigenvalue weighted by molar-refractivity contribution is -0.141. The van der Waals surface area contributed by atoms with Crippen LogP contribution in [0.15, 0.2) is 27.7 Å². The second kappa shape index (κ2) is 7.05. The molecule has 6 nitrogen and oxygen atoms in total. The normalized spacial score (nSPS) is 14.5. The summed E-state index contributed by atoms with van der Waals surface area (Å²) < 4.78 is 2.19. The van der Waals surface area contributed by atoms with Gasteiger partial charge in [0.15, 0.2) is 3.95 Å². The van der Waals surface area contributed by atoms with Crippen molar-refractivity contribution >= 4 is 56.9 Å². The fourth-order valence-corrected chi connectivity index (χ4v) is 4.69. The summed E-state index contributed by atoms with van der Waals surface area (Å²) >= 11 is 9.68. The van der Waals surface area contributed by atoms with E-state index in [1.807, 2.05) is 13.8 Å². The van der Waals surface area contributed by atoms with Gasteiger partial charge in [-0.1, -0.05) is 29.8 Å². The first-order chi connectivity index (χ1) is 12.2.